The van der Waals surface area contributed by atoms with Crippen molar-refractivity contribution in [2.45, 2.75) is 149 Å². The van der Waals surface area contributed by atoms with Crippen LogP contribution in [-0.2, 0) is 19.0 Å². The number of esters is 1. The molecule has 0 bridgehead atoms. The molecule has 46 heavy (non-hydrogen) atoms. The number of allylic oxidation sites excluding steroid dienone is 1. The van der Waals surface area contributed by atoms with E-state index in [0.29, 0.717) is 36.2 Å². The molecule has 4 N–H and O–H groups in total. The van der Waals surface area contributed by atoms with E-state index in [1.165, 1.54) is 24.8 Å². The van der Waals surface area contributed by atoms with Gasteiger partial charge in [0.2, 0.25) is 0 Å². The summed E-state index contributed by atoms with van der Waals surface area (Å²) in [6.07, 6.45) is 4.80. The number of hydrogen-bond donors (Lipinski definition) is 4. The van der Waals surface area contributed by atoms with Crippen LogP contribution in [0.15, 0.2) is 12.2 Å². The molecule has 0 aromatic heterocycles. The number of fused-ring (bicyclic) bond motifs is 7. The van der Waals surface area contributed by atoms with Crippen LogP contribution in [0.3, 0.4) is 0 Å². The fourth-order valence-electron chi connectivity index (χ4n) is 13.4. The molecule has 0 aromatic rings. The van der Waals surface area contributed by atoms with Gasteiger partial charge in [0.15, 0.2) is 6.29 Å². The smallest absolute Gasteiger partial charge is 0.302 e. The van der Waals surface area contributed by atoms with Gasteiger partial charge in [-0.3, -0.25) is 4.79 Å². The highest BCUT2D eigenvalue weighted by Crippen LogP contribution is 2.77. The Kier molecular flexibility index (Phi) is 8.93. The van der Waals surface area contributed by atoms with Crippen molar-refractivity contribution >= 4 is 5.97 Å². The zero-order valence-electron chi connectivity index (χ0n) is 29.5. The molecule has 8 nitrogen and oxygen atoms in total. The van der Waals surface area contributed by atoms with Crippen LogP contribution in [0.1, 0.15) is 113 Å². The van der Waals surface area contributed by atoms with Gasteiger partial charge in [0, 0.05) is 12.3 Å². The maximum absolute atomic E-state index is 12.0. The van der Waals surface area contributed by atoms with E-state index >= 15 is 0 Å². The SMILES string of the molecule is C=C(C)[C@@H]1CC[C@]2(CO[C@@H]3[C@@H](O)[C@@H](O)[C@@H](CO)O[C@H]3O)CC[C@]3(C)[C@H](CC[C@@H]4[C@@]5(C)CCC(OC(C)=O)C(C)(C)[C@@H]5CC[C@]43C)[C@@H]12. The third-order valence-corrected chi connectivity index (χ3v) is 15.9. The van der Waals surface area contributed by atoms with Crippen LogP contribution >= 0.6 is 0 Å². The van der Waals surface area contributed by atoms with Crippen LogP contribution < -0.4 is 0 Å². The Labute approximate surface area is 276 Å². The second-order valence-corrected chi connectivity index (χ2v) is 18.0. The molecule has 6 rings (SSSR count). The van der Waals surface area contributed by atoms with Gasteiger partial charge in [-0.1, -0.05) is 46.8 Å². The highest BCUT2D eigenvalue weighted by Gasteiger charge is 2.71. The predicted molar refractivity (Wildman–Crippen MR) is 174 cm³/mol. The van der Waals surface area contributed by atoms with Crippen molar-refractivity contribution in [1.82, 2.24) is 0 Å². The lowest BCUT2D eigenvalue weighted by molar-refractivity contribution is -0.304. The molecule has 8 heteroatoms. The lowest BCUT2D eigenvalue weighted by atomic mass is 9.32. The molecule has 1 aliphatic heterocycles. The minimum Gasteiger partial charge on any atom is -0.462 e. The standard InChI is InChI=1S/C38H62O8/c1-21(2)23-11-16-38(20-44-32-31(42)30(41)25(19-39)46-33(32)43)18-17-36(7)24(29(23)38)9-10-27-35(6)14-13-28(45-22(3)40)34(4,5)26(35)12-15-37(27,36)8/h23-33,39,41-43H,1,9-20H2,2-8H3/t23-,24+,25+,26-,27+,28?,29+,30-,31-,32+,33+,35-,36+,37+,38+/m0/s1. The first-order chi connectivity index (χ1) is 21.5. The summed E-state index contributed by atoms with van der Waals surface area (Å²) in [5.41, 5.74) is 1.63. The number of carbonyl (C=O) groups is 1. The third kappa shape index (κ3) is 4.93. The number of aliphatic hydroxyl groups excluding tert-OH is 4. The normalized spacial score (nSPS) is 52.9. The first kappa shape index (κ1) is 34.8. The fourth-order valence-corrected chi connectivity index (χ4v) is 13.4. The highest BCUT2D eigenvalue weighted by molar-refractivity contribution is 5.66. The summed E-state index contributed by atoms with van der Waals surface area (Å²) in [5.74, 6) is 2.27. The Bertz CT molecular complexity index is 1190. The minimum absolute atomic E-state index is 0.0216. The van der Waals surface area contributed by atoms with E-state index in [4.69, 9.17) is 14.2 Å². The van der Waals surface area contributed by atoms with Gasteiger partial charge in [0.1, 0.15) is 30.5 Å². The van der Waals surface area contributed by atoms with E-state index in [-0.39, 0.29) is 39.1 Å². The average Bonchev–Trinajstić information content (AvgIpc) is 3.37. The van der Waals surface area contributed by atoms with E-state index in [1.807, 2.05) is 0 Å². The number of carbonyl (C=O) groups excluding carboxylic acids is 1. The van der Waals surface area contributed by atoms with E-state index in [0.717, 1.165) is 44.9 Å². The first-order valence-corrected chi connectivity index (χ1v) is 18.2. The van der Waals surface area contributed by atoms with Crippen LogP contribution in [0, 0.1) is 56.7 Å². The largest absolute Gasteiger partial charge is 0.462 e. The summed E-state index contributed by atoms with van der Waals surface area (Å²) >= 11 is 0. The topological polar surface area (TPSA) is 126 Å². The van der Waals surface area contributed by atoms with Crippen LogP contribution in [0.25, 0.3) is 0 Å². The molecule has 5 aliphatic carbocycles. The molecular weight excluding hydrogens is 584 g/mol. The summed E-state index contributed by atoms with van der Waals surface area (Å²) in [6, 6.07) is 0. The fraction of sp³-hybridized carbons (Fsp3) is 0.921. The molecule has 262 valence electrons. The van der Waals surface area contributed by atoms with Crippen LogP contribution in [0.5, 0.6) is 0 Å². The second kappa shape index (κ2) is 11.8. The Hall–Kier alpha value is -1.03. The van der Waals surface area contributed by atoms with Crippen molar-refractivity contribution < 1.29 is 39.4 Å². The zero-order valence-corrected chi connectivity index (χ0v) is 29.5. The van der Waals surface area contributed by atoms with Crippen molar-refractivity contribution in [3.8, 4) is 0 Å². The molecule has 0 amide bonds. The molecule has 6 aliphatic rings. The van der Waals surface area contributed by atoms with Gasteiger partial charge in [-0.15, -0.1) is 0 Å². The van der Waals surface area contributed by atoms with Crippen LogP contribution in [-0.4, -0.2) is 76.4 Å². The number of aliphatic hydroxyl groups is 4. The highest BCUT2D eigenvalue weighted by atomic mass is 16.7. The van der Waals surface area contributed by atoms with Gasteiger partial charge in [-0.25, -0.2) is 0 Å². The van der Waals surface area contributed by atoms with E-state index in [2.05, 4.69) is 48.1 Å². The molecule has 1 heterocycles. The summed E-state index contributed by atoms with van der Waals surface area (Å²) < 4.78 is 17.8. The quantitative estimate of drug-likeness (QED) is 0.224. The maximum atomic E-state index is 12.0. The average molecular weight is 647 g/mol. The van der Waals surface area contributed by atoms with Gasteiger partial charge >= 0.3 is 5.97 Å². The van der Waals surface area contributed by atoms with Crippen LogP contribution in [0.2, 0.25) is 0 Å². The van der Waals surface area contributed by atoms with E-state index < -0.39 is 37.3 Å². The Morgan fingerprint density at radius 2 is 1.57 bits per heavy atom. The second-order valence-electron chi connectivity index (χ2n) is 18.0. The van der Waals surface area contributed by atoms with E-state index in [9.17, 15) is 25.2 Å². The lowest BCUT2D eigenvalue weighted by Gasteiger charge is -2.73. The van der Waals surface area contributed by atoms with Crippen molar-refractivity contribution in [2.75, 3.05) is 13.2 Å². The Balaban J connectivity index is 1.28. The van der Waals surface area contributed by atoms with Crippen molar-refractivity contribution in [2.24, 2.45) is 56.7 Å². The molecule has 1 unspecified atom stereocenters. The maximum Gasteiger partial charge on any atom is 0.302 e. The predicted octanol–water partition coefficient (Wildman–Crippen LogP) is 5.39. The zero-order chi connectivity index (χ0) is 33.6. The molecule has 1 saturated heterocycles. The first-order valence-electron chi connectivity index (χ1n) is 18.2. The minimum atomic E-state index is -1.41. The molecule has 0 radical (unpaired) electrons. The van der Waals surface area contributed by atoms with Crippen molar-refractivity contribution in [1.29, 1.82) is 0 Å². The van der Waals surface area contributed by atoms with Gasteiger partial charge in [-0.2, -0.15) is 0 Å². The molecule has 6 fully saturated rings. The summed E-state index contributed by atoms with van der Waals surface area (Å²) in [4.78, 5) is 12.0. The molecule has 15 atom stereocenters. The van der Waals surface area contributed by atoms with Gasteiger partial charge in [0.25, 0.3) is 0 Å². The molecule has 0 aromatic carbocycles. The van der Waals surface area contributed by atoms with Gasteiger partial charge in [0.05, 0.1) is 13.2 Å². The van der Waals surface area contributed by atoms with E-state index in [1.54, 1.807) is 6.92 Å². The summed E-state index contributed by atoms with van der Waals surface area (Å²) in [6.45, 7) is 20.6. The summed E-state index contributed by atoms with van der Waals surface area (Å²) in [5, 5.41) is 41.6. The monoisotopic (exact) mass is 646 g/mol. The Morgan fingerprint density at radius 3 is 2.22 bits per heavy atom. The summed E-state index contributed by atoms with van der Waals surface area (Å²) in [7, 11) is 0. The van der Waals surface area contributed by atoms with Crippen molar-refractivity contribution in [3.05, 3.63) is 12.2 Å². The van der Waals surface area contributed by atoms with Crippen LogP contribution in [0.4, 0.5) is 0 Å². The van der Waals surface area contributed by atoms with Gasteiger partial charge in [-0.05, 0) is 122 Å². The molecule has 5 saturated carbocycles. The molecular formula is C38H62O8. The number of rotatable bonds is 6. The Morgan fingerprint density at radius 1 is 0.848 bits per heavy atom. The van der Waals surface area contributed by atoms with Crippen molar-refractivity contribution in [3.63, 3.8) is 0 Å². The number of hydrogen-bond acceptors (Lipinski definition) is 8. The molecule has 0 spiro atoms. The van der Waals surface area contributed by atoms with Gasteiger partial charge < -0.3 is 34.6 Å². The lowest BCUT2D eigenvalue weighted by Crippen LogP contribution is -2.67. The third-order valence-electron chi connectivity index (χ3n) is 15.9. The number of ether oxygens (including phenoxy) is 3.